The molecule has 0 aliphatic carbocycles. The van der Waals surface area contributed by atoms with Crippen molar-refractivity contribution >= 4 is 27.3 Å². The number of nitrogens with one attached hydrogen (secondary N) is 1. The number of carbonyl (C=O) groups excluding carboxylic acids is 1. The van der Waals surface area contributed by atoms with Crippen LogP contribution in [0.15, 0.2) is 77.7 Å². The number of aryl methyl sites for hydroxylation is 1. The highest BCUT2D eigenvalue weighted by atomic mass is 32.2. The molecule has 0 aromatic heterocycles. The molecule has 7 nitrogen and oxygen atoms in total. The molecule has 3 rings (SSSR count). The standard InChI is InChI=1S/C23H24N2O5S/c1-17-11-13-20(14-12-17)31(27,28)25(18-7-6-8-19(15-18)29-2)16-23(26)24-21-9-4-5-10-22(21)30-3/h4-15H,16H2,1-3H3,(H,24,26). The zero-order valence-corrected chi connectivity index (χ0v) is 18.3. The van der Waals surface area contributed by atoms with E-state index in [4.69, 9.17) is 9.47 Å². The van der Waals surface area contributed by atoms with Crippen LogP contribution in [0.3, 0.4) is 0 Å². The molecule has 8 heteroatoms. The average Bonchev–Trinajstić information content (AvgIpc) is 2.78. The van der Waals surface area contributed by atoms with E-state index in [1.165, 1.54) is 26.4 Å². The fraction of sp³-hybridized carbons (Fsp3) is 0.174. The zero-order chi connectivity index (χ0) is 22.4. The molecule has 0 saturated carbocycles. The molecule has 31 heavy (non-hydrogen) atoms. The Balaban J connectivity index is 1.97. The lowest BCUT2D eigenvalue weighted by Gasteiger charge is -2.24. The molecule has 0 fully saturated rings. The number of ether oxygens (including phenoxy) is 2. The van der Waals surface area contributed by atoms with E-state index in [1.54, 1.807) is 60.7 Å². The number of benzene rings is 3. The molecule has 3 aromatic rings. The molecule has 1 N–H and O–H groups in total. The predicted octanol–water partition coefficient (Wildman–Crippen LogP) is 3.85. The van der Waals surface area contributed by atoms with Crippen LogP contribution in [0, 0.1) is 6.92 Å². The highest BCUT2D eigenvalue weighted by Crippen LogP contribution is 2.28. The van der Waals surface area contributed by atoms with Gasteiger partial charge in [0, 0.05) is 6.07 Å². The van der Waals surface area contributed by atoms with E-state index in [-0.39, 0.29) is 4.90 Å². The minimum absolute atomic E-state index is 0.0889. The second-order valence-electron chi connectivity index (χ2n) is 6.77. The maximum absolute atomic E-state index is 13.4. The fourth-order valence-corrected chi connectivity index (χ4v) is 4.40. The molecule has 0 heterocycles. The quantitative estimate of drug-likeness (QED) is 0.575. The summed E-state index contributed by atoms with van der Waals surface area (Å²) in [5, 5.41) is 2.72. The van der Waals surface area contributed by atoms with E-state index in [0.29, 0.717) is 22.9 Å². The topological polar surface area (TPSA) is 84.9 Å². The Morgan fingerprint density at radius 2 is 1.65 bits per heavy atom. The van der Waals surface area contributed by atoms with Gasteiger partial charge in [-0.15, -0.1) is 0 Å². The second-order valence-corrected chi connectivity index (χ2v) is 8.64. The number of anilines is 2. The molecule has 0 unspecified atom stereocenters. The summed E-state index contributed by atoms with van der Waals surface area (Å²) >= 11 is 0. The number of sulfonamides is 1. The Hall–Kier alpha value is -3.52. The van der Waals surface area contributed by atoms with Crippen LogP contribution in [0.5, 0.6) is 11.5 Å². The van der Waals surface area contributed by atoms with E-state index in [9.17, 15) is 13.2 Å². The molecule has 162 valence electrons. The van der Waals surface area contributed by atoms with Crippen molar-refractivity contribution in [2.24, 2.45) is 0 Å². The van der Waals surface area contributed by atoms with Crippen LogP contribution >= 0.6 is 0 Å². The van der Waals surface area contributed by atoms with Crippen LogP contribution in [-0.4, -0.2) is 35.1 Å². The van der Waals surface area contributed by atoms with E-state index in [1.807, 2.05) is 6.92 Å². The molecular weight excluding hydrogens is 416 g/mol. The van der Waals surface area contributed by atoms with Crippen LogP contribution in [0.25, 0.3) is 0 Å². The van der Waals surface area contributed by atoms with Crippen molar-refractivity contribution in [3.63, 3.8) is 0 Å². The van der Waals surface area contributed by atoms with Crippen molar-refractivity contribution in [2.45, 2.75) is 11.8 Å². The number of methoxy groups -OCH3 is 2. The zero-order valence-electron chi connectivity index (χ0n) is 17.5. The maximum Gasteiger partial charge on any atom is 0.264 e. The molecular formula is C23H24N2O5S. The van der Waals surface area contributed by atoms with E-state index in [0.717, 1.165) is 9.87 Å². The summed E-state index contributed by atoms with van der Waals surface area (Å²) < 4.78 is 38.4. The Bertz CT molecular complexity index is 1160. The Labute approximate surface area is 182 Å². The van der Waals surface area contributed by atoms with Gasteiger partial charge in [-0.05, 0) is 43.3 Å². The SMILES string of the molecule is COc1cccc(N(CC(=O)Nc2ccccc2OC)S(=O)(=O)c2ccc(C)cc2)c1. The first kappa shape index (κ1) is 22.2. The van der Waals surface area contributed by atoms with Gasteiger partial charge in [-0.1, -0.05) is 35.9 Å². The Morgan fingerprint density at radius 3 is 2.32 bits per heavy atom. The lowest BCUT2D eigenvalue weighted by atomic mass is 10.2. The lowest BCUT2D eigenvalue weighted by molar-refractivity contribution is -0.114. The van der Waals surface area contributed by atoms with Gasteiger partial charge in [0.05, 0.1) is 30.5 Å². The lowest BCUT2D eigenvalue weighted by Crippen LogP contribution is -2.38. The van der Waals surface area contributed by atoms with Gasteiger partial charge in [-0.3, -0.25) is 9.10 Å². The number of nitrogens with zero attached hydrogens (tertiary/aromatic N) is 1. The maximum atomic E-state index is 13.4. The van der Waals surface area contributed by atoms with Crippen LogP contribution < -0.4 is 19.1 Å². The minimum atomic E-state index is -4.01. The van der Waals surface area contributed by atoms with Gasteiger partial charge >= 0.3 is 0 Å². The molecule has 0 bridgehead atoms. The molecule has 0 spiro atoms. The van der Waals surface area contributed by atoms with Gasteiger partial charge in [0.15, 0.2) is 0 Å². The van der Waals surface area contributed by atoms with E-state index < -0.39 is 22.5 Å². The van der Waals surface area contributed by atoms with Gasteiger partial charge < -0.3 is 14.8 Å². The molecule has 0 radical (unpaired) electrons. The van der Waals surface area contributed by atoms with E-state index >= 15 is 0 Å². The van der Waals surface area contributed by atoms with Gasteiger partial charge in [-0.2, -0.15) is 0 Å². The number of rotatable bonds is 8. The number of carbonyl (C=O) groups is 1. The molecule has 0 aliphatic rings. The molecule has 0 aliphatic heterocycles. The summed E-state index contributed by atoms with van der Waals surface area (Å²) in [6, 6.07) is 20.0. The first-order valence-corrected chi connectivity index (χ1v) is 11.0. The van der Waals surface area contributed by atoms with Crippen LogP contribution in [0.1, 0.15) is 5.56 Å². The number of amides is 1. The summed E-state index contributed by atoms with van der Waals surface area (Å²) in [4.78, 5) is 12.9. The molecule has 3 aromatic carbocycles. The van der Waals surface area contributed by atoms with Crippen molar-refractivity contribution in [3.05, 3.63) is 78.4 Å². The molecule has 1 amide bonds. The van der Waals surface area contributed by atoms with Crippen molar-refractivity contribution in [3.8, 4) is 11.5 Å². The third kappa shape index (κ3) is 5.16. The van der Waals surface area contributed by atoms with Gasteiger partial charge in [0.1, 0.15) is 18.0 Å². The van der Waals surface area contributed by atoms with Gasteiger partial charge in [0.2, 0.25) is 5.91 Å². The fourth-order valence-electron chi connectivity index (χ4n) is 2.99. The number of hydrogen-bond acceptors (Lipinski definition) is 5. The molecule has 0 saturated heterocycles. The highest BCUT2D eigenvalue weighted by Gasteiger charge is 2.27. The smallest absolute Gasteiger partial charge is 0.264 e. The van der Waals surface area contributed by atoms with Gasteiger partial charge in [-0.25, -0.2) is 8.42 Å². The normalized spacial score (nSPS) is 10.9. The predicted molar refractivity (Wildman–Crippen MR) is 120 cm³/mol. The first-order chi connectivity index (χ1) is 14.8. The van der Waals surface area contributed by atoms with Crippen molar-refractivity contribution in [2.75, 3.05) is 30.4 Å². The third-order valence-corrected chi connectivity index (χ3v) is 6.41. The summed E-state index contributed by atoms with van der Waals surface area (Å²) in [6.07, 6.45) is 0. The van der Waals surface area contributed by atoms with Crippen LogP contribution in [-0.2, 0) is 14.8 Å². The number of para-hydroxylation sites is 2. The van der Waals surface area contributed by atoms with E-state index in [2.05, 4.69) is 5.32 Å². The van der Waals surface area contributed by atoms with Crippen molar-refractivity contribution in [1.82, 2.24) is 0 Å². The summed E-state index contributed by atoms with van der Waals surface area (Å²) in [7, 11) is -1.03. The summed E-state index contributed by atoms with van der Waals surface area (Å²) in [5.74, 6) is 0.444. The second kappa shape index (κ2) is 9.53. The summed E-state index contributed by atoms with van der Waals surface area (Å²) in [5.41, 5.74) is 1.70. The van der Waals surface area contributed by atoms with Crippen LogP contribution in [0.4, 0.5) is 11.4 Å². The van der Waals surface area contributed by atoms with Crippen molar-refractivity contribution in [1.29, 1.82) is 0 Å². The monoisotopic (exact) mass is 440 g/mol. The highest BCUT2D eigenvalue weighted by molar-refractivity contribution is 7.92. The largest absolute Gasteiger partial charge is 0.497 e. The minimum Gasteiger partial charge on any atom is -0.497 e. The number of hydrogen-bond donors (Lipinski definition) is 1. The van der Waals surface area contributed by atoms with Crippen LogP contribution in [0.2, 0.25) is 0 Å². The van der Waals surface area contributed by atoms with Gasteiger partial charge in [0.25, 0.3) is 10.0 Å². The first-order valence-electron chi connectivity index (χ1n) is 9.51. The summed E-state index contributed by atoms with van der Waals surface area (Å²) in [6.45, 7) is 1.44. The Morgan fingerprint density at radius 1 is 0.935 bits per heavy atom. The Kier molecular flexibility index (Phi) is 6.81. The third-order valence-electron chi connectivity index (χ3n) is 4.62. The molecule has 0 atom stereocenters. The van der Waals surface area contributed by atoms with Crippen molar-refractivity contribution < 1.29 is 22.7 Å². The average molecular weight is 441 g/mol.